The van der Waals surface area contributed by atoms with Gasteiger partial charge in [0, 0.05) is 6.07 Å². The van der Waals surface area contributed by atoms with Gasteiger partial charge in [-0.2, -0.15) is 0 Å². The monoisotopic (exact) mass is 340 g/mol. The van der Waals surface area contributed by atoms with Crippen molar-refractivity contribution in [2.45, 2.75) is 19.6 Å². The molecule has 0 aliphatic carbocycles. The zero-order valence-electron chi connectivity index (χ0n) is 13.1. The number of nitrogens with one attached hydrogen (secondary N) is 1. The number of methoxy groups -OCH3 is 1. The molecule has 0 aliphatic heterocycles. The van der Waals surface area contributed by atoms with Crippen LogP contribution in [-0.4, -0.2) is 25.7 Å². The van der Waals surface area contributed by atoms with Gasteiger partial charge in [-0.25, -0.2) is 0 Å². The van der Waals surface area contributed by atoms with Gasteiger partial charge in [-0.3, -0.25) is 4.79 Å². The van der Waals surface area contributed by atoms with Gasteiger partial charge in [0.05, 0.1) is 25.8 Å². The highest BCUT2D eigenvalue weighted by molar-refractivity contribution is 5.93. The highest BCUT2D eigenvalue weighted by Crippen LogP contribution is 2.19. The van der Waals surface area contributed by atoms with Gasteiger partial charge in [-0.15, -0.1) is 12.4 Å². The van der Waals surface area contributed by atoms with Crippen LogP contribution in [0.15, 0.2) is 41.0 Å². The van der Waals surface area contributed by atoms with Crippen molar-refractivity contribution < 1.29 is 18.7 Å². The lowest BCUT2D eigenvalue weighted by Gasteiger charge is -2.15. The van der Waals surface area contributed by atoms with Crippen LogP contribution < -0.4 is 20.5 Å². The standard InChI is InChI=1S/C16H20N2O4.ClH/c1-11(22-14-5-3-4-13(7-14)20-2)9-18-16(19)12-6-15(8-17)21-10-12;/h3-7,10-11H,8-9,17H2,1-2H3,(H,18,19);1H. The minimum Gasteiger partial charge on any atom is -0.497 e. The van der Waals surface area contributed by atoms with Gasteiger partial charge in [0.2, 0.25) is 0 Å². The minimum atomic E-state index is -0.218. The fourth-order valence-corrected chi connectivity index (χ4v) is 1.89. The molecule has 0 fully saturated rings. The third-order valence-corrected chi connectivity index (χ3v) is 3.05. The Morgan fingerprint density at radius 1 is 1.35 bits per heavy atom. The van der Waals surface area contributed by atoms with E-state index < -0.39 is 0 Å². The molecule has 0 radical (unpaired) electrons. The van der Waals surface area contributed by atoms with E-state index in [0.29, 0.717) is 23.6 Å². The molecular weight excluding hydrogens is 320 g/mol. The number of carbonyl (C=O) groups is 1. The smallest absolute Gasteiger partial charge is 0.254 e. The predicted octanol–water partition coefficient (Wildman–Crippen LogP) is 2.37. The van der Waals surface area contributed by atoms with Crippen molar-refractivity contribution in [3.63, 3.8) is 0 Å². The lowest BCUT2D eigenvalue weighted by atomic mass is 10.2. The number of nitrogens with two attached hydrogens (primary N) is 1. The van der Waals surface area contributed by atoms with Crippen LogP contribution in [0.3, 0.4) is 0 Å². The van der Waals surface area contributed by atoms with Crippen molar-refractivity contribution >= 4 is 18.3 Å². The molecule has 2 rings (SSSR count). The zero-order chi connectivity index (χ0) is 15.9. The maximum atomic E-state index is 11.9. The lowest BCUT2D eigenvalue weighted by Crippen LogP contribution is -2.33. The number of amides is 1. The molecule has 0 saturated heterocycles. The van der Waals surface area contributed by atoms with E-state index in [4.69, 9.17) is 19.6 Å². The van der Waals surface area contributed by atoms with Crippen molar-refractivity contribution in [2.24, 2.45) is 5.73 Å². The van der Waals surface area contributed by atoms with Gasteiger partial charge >= 0.3 is 0 Å². The molecular formula is C16H21ClN2O4. The van der Waals surface area contributed by atoms with E-state index in [1.165, 1.54) is 6.26 Å². The fraction of sp³-hybridized carbons (Fsp3) is 0.312. The molecule has 0 saturated carbocycles. The first-order valence-corrected chi connectivity index (χ1v) is 6.98. The second-order valence-electron chi connectivity index (χ2n) is 4.82. The van der Waals surface area contributed by atoms with Crippen LogP contribution in [0.5, 0.6) is 11.5 Å². The Hall–Kier alpha value is -2.18. The third kappa shape index (κ3) is 5.50. The summed E-state index contributed by atoms with van der Waals surface area (Å²) in [6.07, 6.45) is 1.21. The Labute approximate surface area is 141 Å². The Morgan fingerprint density at radius 3 is 2.74 bits per heavy atom. The van der Waals surface area contributed by atoms with Crippen molar-refractivity contribution in [3.05, 3.63) is 47.9 Å². The maximum Gasteiger partial charge on any atom is 0.254 e. The lowest BCUT2D eigenvalue weighted by molar-refractivity contribution is 0.0931. The van der Waals surface area contributed by atoms with Crippen LogP contribution >= 0.6 is 12.4 Å². The largest absolute Gasteiger partial charge is 0.497 e. The molecule has 1 atom stereocenters. The van der Waals surface area contributed by atoms with Crippen molar-refractivity contribution in [1.29, 1.82) is 0 Å². The Kier molecular flexibility index (Phi) is 7.44. The summed E-state index contributed by atoms with van der Waals surface area (Å²) in [6.45, 7) is 2.52. The highest BCUT2D eigenvalue weighted by Gasteiger charge is 2.12. The summed E-state index contributed by atoms with van der Waals surface area (Å²) in [5.74, 6) is 1.77. The van der Waals surface area contributed by atoms with Crippen LogP contribution in [0.4, 0.5) is 0 Å². The number of rotatable bonds is 7. The average molecular weight is 341 g/mol. The quantitative estimate of drug-likeness (QED) is 0.808. The molecule has 23 heavy (non-hydrogen) atoms. The first kappa shape index (κ1) is 18.9. The summed E-state index contributed by atoms with van der Waals surface area (Å²) in [4.78, 5) is 11.9. The number of hydrogen-bond acceptors (Lipinski definition) is 5. The van der Waals surface area contributed by atoms with E-state index in [-0.39, 0.29) is 31.0 Å². The summed E-state index contributed by atoms with van der Waals surface area (Å²) in [5.41, 5.74) is 5.89. The molecule has 0 spiro atoms. The number of halogens is 1. The molecule has 1 heterocycles. The predicted molar refractivity (Wildman–Crippen MR) is 89.3 cm³/mol. The average Bonchev–Trinajstić information content (AvgIpc) is 3.02. The topological polar surface area (TPSA) is 86.7 Å². The molecule has 1 unspecified atom stereocenters. The van der Waals surface area contributed by atoms with E-state index in [1.54, 1.807) is 19.2 Å². The summed E-state index contributed by atoms with van der Waals surface area (Å²) in [5, 5.41) is 2.79. The van der Waals surface area contributed by atoms with Gasteiger partial charge in [0.25, 0.3) is 5.91 Å². The molecule has 1 aromatic heterocycles. The molecule has 6 nitrogen and oxygen atoms in total. The Morgan fingerprint density at radius 2 is 2.09 bits per heavy atom. The molecule has 7 heteroatoms. The SMILES string of the molecule is COc1cccc(OC(C)CNC(=O)c2coc(CN)c2)c1.Cl. The number of benzene rings is 1. The summed E-state index contributed by atoms with van der Waals surface area (Å²) in [7, 11) is 1.60. The number of ether oxygens (including phenoxy) is 2. The maximum absolute atomic E-state index is 11.9. The van der Waals surface area contributed by atoms with Crippen LogP contribution in [0.2, 0.25) is 0 Å². The van der Waals surface area contributed by atoms with Gasteiger partial charge in [-0.1, -0.05) is 6.07 Å². The van der Waals surface area contributed by atoms with Crippen LogP contribution in [0, 0.1) is 0 Å². The van der Waals surface area contributed by atoms with Gasteiger partial charge in [0.15, 0.2) is 0 Å². The molecule has 0 aliphatic rings. The van der Waals surface area contributed by atoms with Crippen LogP contribution in [0.1, 0.15) is 23.0 Å². The molecule has 1 aromatic carbocycles. The van der Waals surface area contributed by atoms with Gasteiger partial charge in [-0.05, 0) is 25.1 Å². The summed E-state index contributed by atoms with van der Waals surface area (Å²) >= 11 is 0. The van der Waals surface area contributed by atoms with E-state index in [9.17, 15) is 4.79 Å². The van der Waals surface area contributed by atoms with Crippen LogP contribution in [0.25, 0.3) is 0 Å². The number of hydrogen-bond donors (Lipinski definition) is 2. The summed E-state index contributed by atoms with van der Waals surface area (Å²) in [6, 6.07) is 8.95. The molecule has 2 aromatic rings. The minimum absolute atomic E-state index is 0. The molecule has 126 valence electrons. The normalized spacial score (nSPS) is 11.3. The second kappa shape index (κ2) is 9.07. The molecule has 1 amide bonds. The van der Waals surface area contributed by atoms with Crippen molar-refractivity contribution in [3.8, 4) is 11.5 Å². The van der Waals surface area contributed by atoms with E-state index in [2.05, 4.69) is 5.32 Å². The van der Waals surface area contributed by atoms with Crippen molar-refractivity contribution in [1.82, 2.24) is 5.32 Å². The summed E-state index contributed by atoms with van der Waals surface area (Å²) < 4.78 is 16.0. The highest BCUT2D eigenvalue weighted by atomic mass is 35.5. The van der Waals surface area contributed by atoms with E-state index in [0.717, 1.165) is 5.75 Å². The van der Waals surface area contributed by atoms with Crippen LogP contribution in [-0.2, 0) is 6.54 Å². The van der Waals surface area contributed by atoms with E-state index in [1.807, 2.05) is 25.1 Å². The van der Waals surface area contributed by atoms with E-state index >= 15 is 0 Å². The Bertz CT molecular complexity index is 630. The second-order valence-corrected chi connectivity index (χ2v) is 4.82. The van der Waals surface area contributed by atoms with Gasteiger partial charge < -0.3 is 24.9 Å². The van der Waals surface area contributed by atoms with Crippen molar-refractivity contribution in [2.75, 3.05) is 13.7 Å². The zero-order valence-corrected chi connectivity index (χ0v) is 13.9. The Balaban J connectivity index is 0.00000264. The fourth-order valence-electron chi connectivity index (χ4n) is 1.89. The number of furan rings is 1. The third-order valence-electron chi connectivity index (χ3n) is 3.05. The first-order valence-electron chi connectivity index (χ1n) is 6.98. The molecule has 3 N–H and O–H groups in total. The van der Waals surface area contributed by atoms with Gasteiger partial charge in [0.1, 0.15) is 29.6 Å². The number of carbonyl (C=O) groups excluding carboxylic acids is 1. The first-order chi connectivity index (χ1) is 10.6. The molecule has 0 bridgehead atoms.